The highest BCUT2D eigenvalue weighted by molar-refractivity contribution is 7.94. The van der Waals surface area contributed by atoms with Crippen LogP contribution in [0.2, 0.25) is 0 Å². The van der Waals surface area contributed by atoms with Crippen molar-refractivity contribution in [2.75, 3.05) is 11.8 Å². The number of aromatic carboxylic acids is 1. The zero-order valence-corrected chi connectivity index (χ0v) is 12.7. The first kappa shape index (κ1) is 15.5. The number of anilines is 1. The molecule has 2 N–H and O–H groups in total. The van der Waals surface area contributed by atoms with Gasteiger partial charge in [0.05, 0.1) is 6.61 Å². The second kappa shape index (κ2) is 6.25. The molecule has 2 aromatic rings. The number of carboxylic acids is 1. The van der Waals surface area contributed by atoms with Crippen molar-refractivity contribution in [1.29, 1.82) is 0 Å². The number of rotatable bonds is 6. The molecule has 0 bridgehead atoms. The Morgan fingerprint density at radius 3 is 2.71 bits per heavy atom. The summed E-state index contributed by atoms with van der Waals surface area (Å²) in [4.78, 5) is 10.8. The number of carboxylic acid groups (broad SMARTS) is 1. The van der Waals surface area contributed by atoms with Crippen LogP contribution in [-0.2, 0) is 21.4 Å². The van der Waals surface area contributed by atoms with Gasteiger partial charge in [0.2, 0.25) is 0 Å². The van der Waals surface area contributed by atoms with E-state index < -0.39 is 16.0 Å². The Labute approximate surface area is 126 Å². The fourth-order valence-electron chi connectivity index (χ4n) is 1.68. The molecule has 1 aromatic heterocycles. The van der Waals surface area contributed by atoms with Gasteiger partial charge in [0.1, 0.15) is 9.09 Å². The number of carbonyl (C=O) groups is 1. The lowest BCUT2D eigenvalue weighted by Crippen LogP contribution is -2.11. The van der Waals surface area contributed by atoms with Crippen molar-refractivity contribution < 1.29 is 23.1 Å². The van der Waals surface area contributed by atoms with Gasteiger partial charge in [-0.25, -0.2) is 13.2 Å². The predicted molar refractivity (Wildman–Crippen MR) is 79.2 cm³/mol. The molecular weight excluding hydrogens is 314 g/mol. The van der Waals surface area contributed by atoms with Crippen LogP contribution in [0.1, 0.15) is 15.2 Å². The molecule has 2 rings (SSSR count). The fourth-order valence-corrected chi connectivity index (χ4v) is 3.87. The van der Waals surface area contributed by atoms with Gasteiger partial charge in [0.25, 0.3) is 10.0 Å². The summed E-state index contributed by atoms with van der Waals surface area (Å²) < 4.78 is 31.7. The third kappa shape index (κ3) is 3.81. The summed E-state index contributed by atoms with van der Waals surface area (Å²) in [6.07, 6.45) is 0. The van der Waals surface area contributed by atoms with E-state index in [0.29, 0.717) is 23.6 Å². The first-order valence-corrected chi connectivity index (χ1v) is 8.16. The van der Waals surface area contributed by atoms with E-state index in [1.165, 1.54) is 12.1 Å². The smallest absolute Gasteiger partial charge is 0.345 e. The van der Waals surface area contributed by atoms with Crippen LogP contribution in [0.5, 0.6) is 0 Å². The number of sulfonamides is 1. The first-order chi connectivity index (χ1) is 9.92. The van der Waals surface area contributed by atoms with Crippen molar-refractivity contribution in [2.45, 2.75) is 10.8 Å². The number of methoxy groups -OCH3 is 1. The summed E-state index contributed by atoms with van der Waals surface area (Å²) in [6, 6.07) is 9.34. The molecule has 0 aliphatic heterocycles. The van der Waals surface area contributed by atoms with E-state index >= 15 is 0 Å². The van der Waals surface area contributed by atoms with Crippen LogP contribution >= 0.6 is 11.3 Å². The Hall–Kier alpha value is -1.90. The molecule has 0 atom stereocenters. The average molecular weight is 327 g/mol. The fraction of sp³-hybridized carbons (Fsp3) is 0.154. The number of thiophene rings is 1. The number of nitrogens with one attached hydrogen (secondary N) is 1. The number of hydrogen-bond acceptors (Lipinski definition) is 5. The van der Waals surface area contributed by atoms with Gasteiger partial charge >= 0.3 is 5.97 Å². The molecule has 0 spiro atoms. The van der Waals surface area contributed by atoms with Crippen LogP contribution in [0.15, 0.2) is 40.6 Å². The molecule has 0 fully saturated rings. The van der Waals surface area contributed by atoms with Crippen LogP contribution in [0, 0.1) is 0 Å². The molecule has 1 heterocycles. The van der Waals surface area contributed by atoms with E-state index in [9.17, 15) is 13.2 Å². The van der Waals surface area contributed by atoms with Gasteiger partial charge in [-0.2, -0.15) is 0 Å². The number of ether oxygens (including phenoxy) is 1. The Kier molecular flexibility index (Phi) is 4.61. The second-order valence-corrected chi connectivity index (χ2v) is 7.16. The molecule has 1 aromatic carbocycles. The van der Waals surface area contributed by atoms with Gasteiger partial charge in [-0.3, -0.25) is 4.72 Å². The topological polar surface area (TPSA) is 92.7 Å². The standard InChI is InChI=1S/C13H13NO5S2/c1-19-8-9-3-2-4-10(7-9)14-21(17,18)12-6-5-11(20-12)13(15)16/h2-7,14H,8H2,1H3,(H,15,16). The van der Waals surface area contributed by atoms with Gasteiger partial charge in [0.15, 0.2) is 0 Å². The maximum absolute atomic E-state index is 12.2. The SMILES string of the molecule is COCc1cccc(NS(=O)(=O)c2ccc(C(=O)O)s2)c1. The van der Waals surface area contributed by atoms with Crippen LogP contribution in [0.25, 0.3) is 0 Å². The summed E-state index contributed by atoms with van der Waals surface area (Å²) in [7, 11) is -2.24. The molecule has 0 saturated carbocycles. The first-order valence-electron chi connectivity index (χ1n) is 5.86. The van der Waals surface area contributed by atoms with E-state index in [-0.39, 0.29) is 9.09 Å². The predicted octanol–water partition coefficient (Wildman–Crippen LogP) is 2.39. The maximum Gasteiger partial charge on any atom is 0.345 e. The average Bonchev–Trinajstić information content (AvgIpc) is 2.89. The molecule has 0 saturated heterocycles. The van der Waals surface area contributed by atoms with Crippen molar-refractivity contribution in [1.82, 2.24) is 0 Å². The van der Waals surface area contributed by atoms with E-state index in [2.05, 4.69) is 4.72 Å². The Bertz CT molecular complexity index is 751. The molecule has 0 radical (unpaired) electrons. The van der Waals surface area contributed by atoms with Gasteiger partial charge < -0.3 is 9.84 Å². The molecule has 21 heavy (non-hydrogen) atoms. The van der Waals surface area contributed by atoms with Gasteiger partial charge in [0, 0.05) is 12.8 Å². The van der Waals surface area contributed by atoms with Crippen LogP contribution in [0.3, 0.4) is 0 Å². The highest BCUT2D eigenvalue weighted by Crippen LogP contribution is 2.24. The zero-order valence-electron chi connectivity index (χ0n) is 11.1. The molecule has 6 nitrogen and oxygen atoms in total. The maximum atomic E-state index is 12.2. The van der Waals surface area contributed by atoms with E-state index in [1.54, 1.807) is 25.3 Å². The minimum Gasteiger partial charge on any atom is -0.477 e. The van der Waals surface area contributed by atoms with E-state index in [4.69, 9.17) is 9.84 Å². The summed E-state index contributed by atoms with van der Waals surface area (Å²) in [5, 5.41) is 8.83. The molecule has 0 aliphatic rings. The minimum atomic E-state index is -3.79. The third-order valence-corrected chi connectivity index (χ3v) is 5.49. The highest BCUT2D eigenvalue weighted by Gasteiger charge is 2.19. The lowest BCUT2D eigenvalue weighted by atomic mass is 10.2. The molecule has 0 amide bonds. The summed E-state index contributed by atoms with van der Waals surface area (Å²) in [5.41, 5.74) is 1.23. The van der Waals surface area contributed by atoms with Crippen LogP contribution in [0.4, 0.5) is 5.69 Å². The monoisotopic (exact) mass is 327 g/mol. The van der Waals surface area contributed by atoms with Crippen molar-refractivity contribution >= 4 is 33.0 Å². The molecule has 0 unspecified atom stereocenters. The van der Waals surface area contributed by atoms with Crippen molar-refractivity contribution in [2.24, 2.45) is 0 Å². The van der Waals surface area contributed by atoms with Crippen LogP contribution in [-0.4, -0.2) is 26.6 Å². The molecular formula is C13H13NO5S2. The second-order valence-electron chi connectivity index (χ2n) is 4.16. The summed E-state index contributed by atoms with van der Waals surface area (Å²) in [5.74, 6) is -1.15. The summed E-state index contributed by atoms with van der Waals surface area (Å²) in [6.45, 7) is 0.373. The molecule has 8 heteroatoms. The largest absolute Gasteiger partial charge is 0.477 e. The Morgan fingerprint density at radius 1 is 1.33 bits per heavy atom. The van der Waals surface area contributed by atoms with Crippen LogP contribution < -0.4 is 4.72 Å². The van der Waals surface area contributed by atoms with Crippen molar-refractivity contribution in [3.63, 3.8) is 0 Å². The Morgan fingerprint density at radius 2 is 2.10 bits per heavy atom. The lowest BCUT2D eigenvalue weighted by Gasteiger charge is -2.07. The highest BCUT2D eigenvalue weighted by atomic mass is 32.2. The zero-order chi connectivity index (χ0) is 15.5. The van der Waals surface area contributed by atoms with E-state index in [1.807, 2.05) is 6.07 Å². The van der Waals surface area contributed by atoms with Gasteiger partial charge in [-0.15, -0.1) is 11.3 Å². The lowest BCUT2D eigenvalue weighted by molar-refractivity contribution is 0.0702. The molecule has 0 aliphatic carbocycles. The quantitative estimate of drug-likeness (QED) is 0.850. The normalized spacial score (nSPS) is 11.3. The Balaban J connectivity index is 2.24. The minimum absolute atomic E-state index is 0.0245. The number of hydrogen-bond donors (Lipinski definition) is 2. The van der Waals surface area contributed by atoms with Gasteiger partial charge in [-0.1, -0.05) is 12.1 Å². The molecule has 112 valence electrons. The summed E-state index contributed by atoms with van der Waals surface area (Å²) >= 11 is 0.707. The van der Waals surface area contributed by atoms with E-state index in [0.717, 1.165) is 5.56 Å². The van der Waals surface area contributed by atoms with Gasteiger partial charge in [-0.05, 0) is 29.8 Å². The third-order valence-electron chi connectivity index (χ3n) is 2.55. The van der Waals surface area contributed by atoms with Crippen molar-refractivity contribution in [3.8, 4) is 0 Å². The van der Waals surface area contributed by atoms with Crippen molar-refractivity contribution in [3.05, 3.63) is 46.8 Å². The number of benzene rings is 1.